The lowest BCUT2D eigenvalue weighted by molar-refractivity contribution is -0.138. The van der Waals surface area contributed by atoms with Crippen LogP contribution in [0.4, 0.5) is 32.0 Å². The maximum Gasteiger partial charge on any atom is 0.416 e. The molecule has 0 atom stereocenters. The number of benzene rings is 2. The molecule has 0 aliphatic heterocycles. The van der Waals surface area contributed by atoms with Crippen molar-refractivity contribution in [1.82, 2.24) is 0 Å². The zero-order chi connectivity index (χ0) is 22.6. The van der Waals surface area contributed by atoms with Crippen LogP contribution in [0.15, 0.2) is 40.0 Å². The van der Waals surface area contributed by atoms with E-state index in [2.05, 4.69) is 21.2 Å². The van der Waals surface area contributed by atoms with Gasteiger partial charge in [-0.05, 0) is 24.3 Å². The predicted molar refractivity (Wildman–Crippen MR) is 93.0 cm³/mol. The Hall–Kier alpha value is -3.69. The van der Waals surface area contributed by atoms with Crippen molar-refractivity contribution in [3.63, 3.8) is 0 Å². The van der Waals surface area contributed by atoms with Crippen molar-refractivity contribution in [3.05, 3.63) is 63.0 Å². The SMILES string of the molecule is N#CC(C#N)=C(C#N)Nc1cc(Br)cc(F)c1Oc1c(F)cc(C(F)(F)F)cc1F. The van der Waals surface area contributed by atoms with Crippen molar-refractivity contribution in [2.75, 3.05) is 5.32 Å². The van der Waals surface area contributed by atoms with Crippen LogP contribution in [0.3, 0.4) is 0 Å². The van der Waals surface area contributed by atoms with Crippen molar-refractivity contribution in [1.29, 1.82) is 15.8 Å². The molecular formula is C18H5BrF6N4O. The summed E-state index contributed by atoms with van der Waals surface area (Å²) in [5.41, 5.74) is -3.38. The lowest BCUT2D eigenvalue weighted by Gasteiger charge is -2.16. The number of nitrogens with zero attached hydrogens (tertiary/aromatic N) is 3. The zero-order valence-electron chi connectivity index (χ0n) is 14.2. The van der Waals surface area contributed by atoms with Gasteiger partial charge in [-0.25, -0.2) is 13.2 Å². The van der Waals surface area contributed by atoms with Gasteiger partial charge in [0.2, 0.25) is 0 Å². The molecule has 0 spiro atoms. The highest BCUT2D eigenvalue weighted by Crippen LogP contribution is 2.40. The van der Waals surface area contributed by atoms with Crippen molar-refractivity contribution in [3.8, 4) is 29.7 Å². The minimum atomic E-state index is -5.03. The molecule has 2 aromatic rings. The zero-order valence-corrected chi connectivity index (χ0v) is 15.8. The maximum absolute atomic E-state index is 14.4. The summed E-state index contributed by atoms with van der Waals surface area (Å²) in [7, 11) is 0. The van der Waals surface area contributed by atoms with E-state index in [9.17, 15) is 26.3 Å². The monoisotopic (exact) mass is 486 g/mol. The lowest BCUT2D eigenvalue weighted by Crippen LogP contribution is -2.08. The summed E-state index contributed by atoms with van der Waals surface area (Å²) in [6, 6.07) is 6.15. The van der Waals surface area contributed by atoms with E-state index in [1.54, 1.807) is 0 Å². The van der Waals surface area contributed by atoms with Crippen LogP contribution in [-0.4, -0.2) is 0 Å². The Balaban J connectivity index is 2.60. The highest BCUT2D eigenvalue weighted by Gasteiger charge is 2.33. The third kappa shape index (κ3) is 4.83. The number of alkyl halides is 3. The summed E-state index contributed by atoms with van der Waals surface area (Å²) < 4.78 is 85.4. The van der Waals surface area contributed by atoms with E-state index < -0.39 is 57.6 Å². The molecule has 0 radical (unpaired) electrons. The number of hydrogen-bond acceptors (Lipinski definition) is 5. The van der Waals surface area contributed by atoms with E-state index in [1.165, 1.54) is 18.2 Å². The molecule has 0 aliphatic carbocycles. The van der Waals surface area contributed by atoms with Crippen molar-refractivity contribution >= 4 is 21.6 Å². The standard InChI is InChI=1S/C18H5BrF6N4O/c19-10-3-13(22)17(14(4-10)29-15(7-28)8(5-26)6-27)30-16-11(20)1-9(2-12(16)21)18(23,24)25/h1-4,29H. The first-order chi connectivity index (χ1) is 14.0. The highest BCUT2D eigenvalue weighted by molar-refractivity contribution is 9.10. The first kappa shape index (κ1) is 22.6. The molecule has 0 bridgehead atoms. The number of halogens is 7. The van der Waals surface area contributed by atoms with Gasteiger partial charge in [-0.2, -0.15) is 29.0 Å². The summed E-state index contributed by atoms with van der Waals surface area (Å²) in [4.78, 5) is 0. The molecule has 5 nitrogen and oxygen atoms in total. The molecule has 152 valence electrons. The van der Waals surface area contributed by atoms with E-state index in [1.807, 2.05) is 0 Å². The second-order valence-corrected chi connectivity index (χ2v) is 6.26. The largest absolute Gasteiger partial charge is 0.446 e. The van der Waals surface area contributed by atoms with Crippen LogP contribution in [0.2, 0.25) is 0 Å². The molecule has 2 rings (SSSR count). The number of ether oxygens (including phenoxy) is 1. The summed E-state index contributed by atoms with van der Waals surface area (Å²) in [6.07, 6.45) is -5.03. The first-order valence-corrected chi connectivity index (χ1v) is 8.25. The number of nitriles is 3. The first-order valence-electron chi connectivity index (χ1n) is 7.46. The summed E-state index contributed by atoms with van der Waals surface area (Å²) in [6.45, 7) is 0. The van der Waals surface area contributed by atoms with Crippen LogP contribution in [0.25, 0.3) is 0 Å². The maximum atomic E-state index is 14.4. The lowest BCUT2D eigenvalue weighted by atomic mass is 10.2. The van der Waals surface area contributed by atoms with Crippen LogP contribution >= 0.6 is 15.9 Å². The molecule has 0 saturated carbocycles. The van der Waals surface area contributed by atoms with Gasteiger partial charge in [-0.1, -0.05) is 15.9 Å². The van der Waals surface area contributed by atoms with E-state index in [0.717, 1.165) is 12.1 Å². The van der Waals surface area contributed by atoms with Gasteiger partial charge in [0, 0.05) is 4.47 Å². The van der Waals surface area contributed by atoms with Gasteiger partial charge in [-0.3, -0.25) is 0 Å². The summed E-state index contributed by atoms with van der Waals surface area (Å²) in [5, 5.41) is 29.0. The Morgan fingerprint density at radius 2 is 1.40 bits per heavy atom. The number of allylic oxidation sites excluding steroid dienone is 2. The Labute approximate surface area is 173 Å². The molecule has 0 amide bonds. The van der Waals surface area contributed by atoms with Crippen LogP contribution in [-0.2, 0) is 6.18 Å². The van der Waals surface area contributed by atoms with Crippen molar-refractivity contribution in [2.45, 2.75) is 6.18 Å². The van der Waals surface area contributed by atoms with Crippen LogP contribution in [0.1, 0.15) is 5.56 Å². The molecule has 0 aliphatic rings. The molecule has 30 heavy (non-hydrogen) atoms. The highest BCUT2D eigenvalue weighted by atomic mass is 79.9. The van der Waals surface area contributed by atoms with Crippen LogP contribution in [0, 0.1) is 51.4 Å². The van der Waals surface area contributed by atoms with Gasteiger partial charge >= 0.3 is 6.18 Å². The molecule has 1 N–H and O–H groups in total. The fourth-order valence-corrected chi connectivity index (χ4v) is 2.53. The van der Waals surface area contributed by atoms with Crippen molar-refractivity contribution in [2.24, 2.45) is 0 Å². The van der Waals surface area contributed by atoms with Gasteiger partial charge in [-0.15, -0.1) is 0 Å². The average Bonchev–Trinajstić information content (AvgIpc) is 2.65. The fraction of sp³-hybridized carbons (Fsp3) is 0.0556. The van der Waals surface area contributed by atoms with E-state index in [0.29, 0.717) is 0 Å². The molecule has 0 fully saturated rings. The van der Waals surface area contributed by atoms with Crippen LogP contribution in [0.5, 0.6) is 11.5 Å². The topological polar surface area (TPSA) is 92.6 Å². The van der Waals surface area contributed by atoms with E-state index >= 15 is 0 Å². The van der Waals surface area contributed by atoms with Gasteiger partial charge in [0.05, 0.1) is 11.3 Å². The molecule has 12 heteroatoms. The minimum Gasteiger partial charge on any atom is -0.446 e. The predicted octanol–water partition coefficient (Wildman–Crippen LogP) is 5.91. The molecular weight excluding hydrogens is 482 g/mol. The molecule has 0 heterocycles. The van der Waals surface area contributed by atoms with Gasteiger partial charge in [0.1, 0.15) is 23.9 Å². The van der Waals surface area contributed by atoms with Crippen LogP contribution < -0.4 is 10.1 Å². The fourth-order valence-electron chi connectivity index (χ4n) is 2.10. The Morgan fingerprint density at radius 3 is 1.87 bits per heavy atom. The summed E-state index contributed by atoms with van der Waals surface area (Å²) in [5.74, 6) is -6.99. The van der Waals surface area contributed by atoms with E-state index in [-0.39, 0.29) is 16.6 Å². The van der Waals surface area contributed by atoms with Gasteiger partial charge in [0.25, 0.3) is 0 Å². The Bertz CT molecular complexity index is 1130. The smallest absolute Gasteiger partial charge is 0.416 e. The number of rotatable bonds is 4. The third-order valence-electron chi connectivity index (χ3n) is 3.38. The molecule has 0 saturated heterocycles. The second-order valence-electron chi connectivity index (χ2n) is 5.34. The number of nitrogens with one attached hydrogen (secondary N) is 1. The second kappa shape index (κ2) is 8.76. The molecule has 0 aromatic heterocycles. The van der Waals surface area contributed by atoms with Crippen molar-refractivity contribution < 1.29 is 31.1 Å². The average molecular weight is 487 g/mol. The Kier molecular flexibility index (Phi) is 6.60. The van der Waals surface area contributed by atoms with Gasteiger partial charge < -0.3 is 10.1 Å². The quantitative estimate of drug-likeness (QED) is 0.428. The van der Waals surface area contributed by atoms with E-state index in [4.69, 9.17) is 20.5 Å². The number of hydrogen-bond donors (Lipinski definition) is 1. The number of anilines is 1. The third-order valence-corrected chi connectivity index (χ3v) is 3.84. The van der Waals surface area contributed by atoms with Gasteiger partial charge in [0.15, 0.2) is 34.5 Å². The summed E-state index contributed by atoms with van der Waals surface area (Å²) >= 11 is 2.94. The minimum absolute atomic E-state index is 0.0354. The molecule has 0 unspecified atom stereocenters. The molecule has 2 aromatic carbocycles. The normalized spacial score (nSPS) is 10.4. The Morgan fingerprint density at radius 1 is 0.867 bits per heavy atom.